The van der Waals surface area contributed by atoms with E-state index >= 15 is 0 Å². The molecule has 0 aromatic heterocycles. The number of aromatic hydroxyl groups is 1. The van der Waals surface area contributed by atoms with E-state index in [0.29, 0.717) is 21.9 Å². The van der Waals surface area contributed by atoms with Crippen LogP contribution in [-0.2, 0) is 0 Å². The third-order valence-corrected chi connectivity index (χ3v) is 6.63. The summed E-state index contributed by atoms with van der Waals surface area (Å²) in [5.41, 5.74) is 2.13. The van der Waals surface area contributed by atoms with Crippen LogP contribution < -0.4 is 4.90 Å². The van der Waals surface area contributed by atoms with E-state index in [4.69, 9.17) is 0 Å². The number of nitro groups is 1. The van der Waals surface area contributed by atoms with Crippen LogP contribution in [0.4, 0.5) is 11.4 Å². The quantitative estimate of drug-likeness (QED) is 0.210. The Labute approximate surface area is 196 Å². The lowest BCUT2D eigenvalue weighted by molar-refractivity contribution is -0.384. The Hall–Kier alpha value is -4.04. The van der Waals surface area contributed by atoms with Gasteiger partial charge in [0.25, 0.3) is 17.5 Å². The molecule has 2 amide bonds. The molecule has 1 aliphatic heterocycles. The molecule has 0 radical (unpaired) electrons. The van der Waals surface area contributed by atoms with Gasteiger partial charge in [0.05, 0.1) is 21.7 Å². The summed E-state index contributed by atoms with van der Waals surface area (Å²) in [6, 6.07) is 17.3. The number of anilines is 1. The maximum Gasteiger partial charge on any atom is 0.278 e. The average Bonchev–Trinajstić information content (AvgIpc) is 2.78. The Kier molecular flexibility index (Phi) is 4.75. The van der Waals surface area contributed by atoms with E-state index in [0.717, 1.165) is 14.9 Å². The maximum absolute atomic E-state index is 13.4. The molecule has 0 aliphatic carbocycles. The summed E-state index contributed by atoms with van der Waals surface area (Å²) < 4.78 is 0.865. The Bertz CT molecular complexity index is 1530. The van der Waals surface area contributed by atoms with E-state index in [1.165, 1.54) is 30.3 Å². The van der Waals surface area contributed by atoms with Crippen molar-refractivity contribution < 1.29 is 19.6 Å². The zero-order valence-electron chi connectivity index (χ0n) is 17.2. The minimum atomic E-state index is -0.684. The van der Waals surface area contributed by atoms with Crippen LogP contribution in [0.1, 0.15) is 26.3 Å². The van der Waals surface area contributed by atoms with Crippen LogP contribution in [0.5, 0.6) is 5.75 Å². The van der Waals surface area contributed by atoms with Gasteiger partial charge in [-0.2, -0.15) is 0 Å². The minimum absolute atomic E-state index is 0.0628. The largest absolute Gasteiger partial charge is 0.508 e. The van der Waals surface area contributed by atoms with E-state index in [9.17, 15) is 24.8 Å². The second-order valence-corrected chi connectivity index (χ2v) is 8.59. The highest BCUT2D eigenvalue weighted by molar-refractivity contribution is 9.10. The summed E-state index contributed by atoms with van der Waals surface area (Å²) in [5, 5.41) is 22.8. The van der Waals surface area contributed by atoms with E-state index < -0.39 is 16.7 Å². The first-order valence-corrected chi connectivity index (χ1v) is 10.8. The third kappa shape index (κ3) is 3.18. The number of phenols is 1. The number of imide groups is 1. The van der Waals surface area contributed by atoms with Gasteiger partial charge in [-0.05, 0) is 47.7 Å². The van der Waals surface area contributed by atoms with Gasteiger partial charge in [0, 0.05) is 27.6 Å². The average molecular weight is 503 g/mol. The lowest BCUT2D eigenvalue weighted by atomic mass is 9.87. The molecule has 0 atom stereocenters. The first-order chi connectivity index (χ1) is 15.8. The number of hydrogen-bond donors (Lipinski definition) is 1. The van der Waals surface area contributed by atoms with Gasteiger partial charge in [-0.25, -0.2) is 4.90 Å². The fraction of sp³-hybridized carbons (Fsp3) is 0.0400. The molecule has 8 heteroatoms. The van der Waals surface area contributed by atoms with E-state index in [2.05, 4.69) is 15.9 Å². The van der Waals surface area contributed by atoms with Crippen molar-refractivity contribution in [1.29, 1.82) is 0 Å². The number of rotatable bonds is 3. The van der Waals surface area contributed by atoms with Gasteiger partial charge in [-0.15, -0.1) is 0 Å². The van der Waals surface area contributed by atoms with Gasteiger partial charge in [-0.1, -0.05) is 46.3 Å². The topological polar surface area (TPSA) is 101 Å². The van der Waals surface area contributed by atoms with Crippen molar-refractivity contribution in [2.24, 2.45) is 0 Å². The Morgan fingerprint density at radius 2 is 1.67 bits per heavy atom. The fourth-order valence-electron chi connectivity index (χ4n) is 4.26. The zero-order chi connectivity index (χ0) is 23.4. The number of benzene rings is 4. The van der Waals surface area contributed by atoms with Gasteiger partial charge >= 0.3 is 0 Å². The number of carbonyl (C=O) groups excluding carboxylic acids is 2. The van der Waals surface area contributed by atoms with E-state index in [1.54, 1.807) is 24.3 Å². The monoisotopic (exact) mass is 502 g/mol. The molecule has 5 rings (SSSR count). The summed E-state index contributed by atoms with van der Waals surface area (Å²) in [6.45, 7) is 1.88. The van der Waals surface area contributed by atoms with E-state index in [-0.39, 0.29) is 28.3 Å². The number of phenolic OH excluding ortho intramolecular Hbond substituents is 1. The molecule has 33 heavy (non-hydrogen) atoms. The molecular weight excluding hydrogens is 488 g/mol. The molecule has 0 spiro atoms. The molecule has 162 valence electrons. The normalized spacial score (nSPS) is 13.0. The number of carbonyl (C=O) groups is 2. The van der Waals surface area contributed by atoms with Crippen LogP contribution >= 0.6 is 15.9 Å². The van der Waals surface area contributed by atoms with Crippen LogP contribution in [0.2, 0.25) is 0 Å². The molecule has 4 aromatic carbocycles. The van der Waals surface area contributed by atoms with Crippen LogP contribution in [-0.4, -0.2) is 21.8 Å². The predicted octanol–water partition coefficient (Wildman–Crippen LogP) is 5.99. The summed E-state index contributed by atoms with van der Waals surface area (Å²) in [5.74, 6) is -1.35. The van der Waals surface area contributed by atoms with Crippen molar-refractivity contribution in [3.05, 3.63) is 98.0 Å². The minimum Gasteiger partial charge on any atom is -0.508 e. The Balaban J connectivity index is 1.84. The second-order valence-electron chi connectivity index (χ2n) is 7.73. The van der Waals surface area contributed by atoms with Crippen molar-refractivity contribution in [3.63, 3.8) is 0 Å². The highest BCUT2D eigenvalue weighted by atomic mass is 79.9. The maximum atomic E-state index is 13.4. The van der Waals surface area contributed by atoms with Crippen molar-refractivity contribution in [3.8, 4) is 16.9 Å². The number of nitro benzene ring substituents is 1. The predicted molar refractivity (Wildman–Crippen MR) is 128 cm³/mol. The lowest BCUT2D eigenvalue weighted by Crippen LogP contribution is -2.40. The standard InChI is InChI=1S/C25H15BrN2O5/c1-13-10-14(8-9-20(13)26)22-17-6-3-7-18-23(17)19(12-21(22)28(32)33)25(31)27(24(18)30)15-4-2-5-16(29)11-15/h2-12,29H,1H3. The number of nitrogens with zero attached hydrogens (tertiary/aromatic N) is 2. The molecular formula is C25H15BrN2O5. The van der Waals surface area contributed by atoms with Crippen LogP contribution in [0.15, 0.2) is 71.2 Å². The number of hydrogen-bond acceptors (Lipinski definition) is 5. The van der Waals surface area contributed by atoms with Crippen molar-refractivity contribution in [2.75, 3.05) is 4.90 Å². The molecule has 7 nitrogen and oxygen atoms in total. The highest BCUT2D eigenvalue weighted by Crippen LogP contribution is 2.43. The van der Waals surface area contributed by atoms with Crippen LogP contribution in [0.3, 0.4) is 0 Å². The number of halogens is 1. The van der Waals surface area contributed by atoms with Crippen LogP contribution in [0.25, 0.3) is 21.9 Å². The number of aryl methyl sites for hydroxylation is 1. The smallest absolute Gasteiger partial charge is 0.278 e. The summed E-state index contributed by atoms with van der Waals surface area (Å²) in [6.07, 6.45) is 0. The van der Waals surface area contributed by atoms with Crippen molar-refractivity contribution in [2.45, 2.75) is 6.92 Å². The highest BCUT2D eigenvalue weighted by Gasteiger charge is 2.37. The molecule has 0 saturated heterocycles. The molecule has 0 fully saturated rings. The zero-order valence-corrected chi connectivity index (χ0v) is 18.8. The first-order valence-electron chi connectivity index (χ1n) is 9.96. The Morgan fingerprint density at radius 3 is 2.36 bits per heavy atom. The molecule has 1 N–H and O–H groups in total. The first kappa shape index (κ1) is 20.8. The summed E-state index contributed by atoms with van der Waals surface area (Å²) in [7, 11) is 0. The van der Waals surface area contributed by atoms with Crippen molar-refractivity contribution >= 4 is 49.9 Å². The lowest BCUT2D eigenvalue weighted by Gasteiger charge is -2.28. The summed E-state index contributed by atoms with van der Waals surface area (Å²) >= 11 is 3.45. The molecule has 0 unspecified atom stereocenters. The van der Waals surface area contributed by atoms with Crippen molar-refractivity contribution in [1.82, 2.24) is 0 Å². The molecule has 1 heterocycles. The molecule has 0 bridgehead atoms. The molecule has 0 saturated carbocycles. The van der Waals surface area contributed by atoms with Gasteiger partial charge in [0.1, 0.15) is 5.75 Å². The van der Waals surface area contributed by atoms with Crippen LogP contribution in [0, 0.1) is 17.0 Å². The van der Waals surface area contributed by atoms with Gasteiger partial charge < -0.3 is 5.11 Å². The SMILES string of the molecule is Cc1cc(-c2c([N+](=O)[O-])cc3c4c(cccc24)C(=O)N(c2cccc(O)c2)C3=O)ccc1Br. The number of amides is 2. The third-order valence-electron chi connectivity index (χ3n) is 5.74. The molecule has 4 aromatic rings. The second kappa shape index (κ2) is 7.53. The molecule has 1 aliphatic rings. The van der Waals surface area contributed by atoms with Gasteiger partial charge in [0.2, 0.25) is 0 Å². The van der Waals surface area contributed by atoms with Gasteiger partial charge in [-0.3, -0.25) is 19.7 Å². The van der Waals surface area contributed by atoms with Gasteiger partial charge in [0.15, 0.2) is 0 Å². The fourth-order valence-corrected chi connectivity index (χ4v) is 4.51. The Morgan fingerprint density at radius 1 is 0.939 bits per heavy atom. The van der Waals surface area contributed by atoms with E-state index in [1.807, 2.05) is 19.1 Å². The summed E-state index contributed by atoms with van der Waals surface area (Å²) in [4.78, 5) is 39.3.